The fourth-order valence-electron chi connectivity index (χ4n) is 4.32. The third-order valence-corrected chi connectivity index (χ3v) is 7.59. The lowest BCUT2D eigenvalue weighted by molar-refractivity contribution is 0.400. The van der Waals surface area contributed by atoms with Crippen molar-refractivity contribution in [1.29, 1.82) is 0 Å². The molecule has 0 spiro atoms. The number of pyridine rings is 1. The summed E-state index contributed by atoms with van der Waals surface area (Å²) >= 11 is 0. The van der Waals surface area contributed by atoms with E-state index in [1.54, 1.807) is 0 Å². The van der Waals surface area contributed by atoms with Gasteiger partial charge in [-0.2, -0.15) is 0 Å². The Morgan fingerprint density at radius 3 is 2.47 bits per heavy atom. The number of rotatable bonds is 7. The molecule has 2 heterocycles. The summed E-state index contributed by atoms with van der Waals surface area (Å²) in [5, 5.41) is 0. The highest BCUT2D eigenvalue weighted by Crippen LogP contribution is 2.34. The van der Waals surface area contributed by atoms with E-state index in [4.69, 9.17) is 10.5 Å². The van der Waals surface area contributed by atoms with E-state index in [0.717, 1.165) is 23.2 Å². The van der Waals surface area contributed by atoms with Crippen LogP contribution in [0.3, 0.4) is 0 Å². The summed E-state index contributed by atoms with van der Waals surface area (Å²) in [6.45, 7) is 2.02. The Labute approximate surface area is 217 Å². The largest absolute Gasteiger partial charge is 0.480 e. The SMILES string of the molecule is COc1ncc(-c2ccc3nc(N)n([C@@H](C)c4ccccc4)c3c2)cc1NS(=O)(=O)c1ccc(F)cc1F. The molecule has 194 valence electrons. The third kappa shape index (κ3) is 4.63. The Morgan fingerprint density at radius 2 is 1.76 bits per heavy atom. The number of ether oxygens (including phenoxy) is 1. The van der Waals surface area contributed by atoms with Gasteiger partial charge in [-0.15, -0.1) is 0 Å². The van der Waals surface area contributed by atoms with Gasteiger partial charge in [0.25, 0.3) is 10.0 Å². The van der Waals surface area contributed by atoms with Crippen molar-refractivity contribution < 1.29 is 21.9 Å². The number of hydrogen-bond donors (Lipinski definition) is 2. The summed E-state index contributed by atoms with van der Waals surface area (Å²) in [5.41, 5.74) is 10.1. The van der Waals surface area contributed by atoms with Crippen LogP contribution in [0, 0.1) is 11.6 Å². The molecule has 2 aromatic heterocycles. The summed E-state index contributed by atoms with van der Waals surface area (Å²) in [6, 6.07) is 19.0. The van der Waals surface area contributed by atoms with Gasteiger partial charge < -0.3 is 15.0 Å². The number of nitrogens with one attached hydrogen (secondary N) is 1. The lowest BCUT2D eigenvalue weighted by Gasteiger charge is -2.17. The maximum Gasteiger partial charge on any atom is 0.264 e. The summed E-state index contributed by atoms with van der Waals surface area (Å²) in [7, 11) is -3.08. The number of nitrogens with zero attached hydrogens (tertiary/aromatic N) is 3. The zero-order chi connectivity index (χ0) is 27.0. The van der Waals surface area contributed by atoms with Crippen LogP contribution in [-0.4, -0.2) is 30.1 Å². The van der Waals surface area contributed by atoms with E-state index in [1.807, 2.05) is 60.0 Å². The van der Waals surface area contributed by atoms with Gasteiger partial charge in [0.1, 0.15) is 22.2 Å². The Bertz CT molecular complexity index is 1760. The average molecular weight is 536 g/mol. The number of hydrogen-bond acceptors (Lipinski definition) is 6. The van der Waals surface area contributed by atoms with Crippen LogP contribution < -0.4 is 15.2 Å². The van der Waals surface area contributed by atoms with Crippen molar-refractivity contribution in [2.45, 2.75) is 17.9 Å². The number of imidazole rings is 1. The normalized spacial score (nSPS) is 12.4. The molecule has 0 radical (unpaired) electrons. The number of sulfonamides is 1. The Kier molecular flexibility index (Phi) is 6.45. The lowest BCUT2D eigenvalue weighted by Crippen LogP contribution is -2.15. The molecule has 0 aliphatic heterocycles. The Balaban J connectivity index is 1.56. The quantitative estimate of drug-likeness (QED) is 0.290. The monoisotopic (exact) mass is 535 g/mol. The number of fused-ring (bicyclic) bond motifs is 1. The average Bonchev–Trinajstić information content (AvgIpc) is 3.23. The van der Waals surface area contributed by atoms with Crippen LogP contribution in [0.5, 0.6) is 5.88 Å². The first-order valence-corrected chi connectivity index (χ1v) is 13.0. The molecule has 11 heteroatoms. The molecule has 0 amide bonds. The standard InChI is InChI=1S/C27H23F2N5O3S/c1-16(17-6-4-3-5-7-17)34-24-13-18(8-10-22(24)32-27(34)30)19-12-23(26(37-2)31-15-19)33-38(35,36)25-11-9-20(28)14-21(25)29/h3-16,33H,1-2H3,(H2,30,32)/t16-/m0/s1. The van der Waals surface area contributed by atoms with E-state index < -0.39 is 26.6 Å². The molecule has 0 saturated heterocycles. The molecule has 0 aliphatic carbocycles. The van der Waals surface area contributed by atoms with Gasteiger partial charge in [-0.05, 0) is 48.4 Å². The number of nitrogens with two attached hydrogens (primary N) is 1. The molecule has 8 nitrogen and oxygen atoms in total. The lowest BCUT2D eigenvalue weighted by atomic mass is 10.1. The van der Waals surface area contributed by atoms with Crippen molar-refractivity contribution in [1.82, 2.24) is 14.5 Å². The van der Waals surface area contributed by atoms with Gasteiger partial charge in [-0.25, -0.2) is 27.2 Å². The molecule has 3 aromatic carbocycles. The van der Waals surface area contributed by atoms with Crippen LogP contribution in [0.2, 0.25) is 0 Å². The topological polar surface area (TPSA) is 112 Å². The van der Waals surface area contributed by atoms with Crippen molar-refractivity contribution in [3.8, 4) is 17.0 Å². The van der Waals surface area contributed by atoms with E-state index >= 15 is 0 Å². The van der Waals surface area contributed by atoms with Gasteiger partial charge in [-0.3, -0.25) is 4.72 Å². The number of anilines is 2. The Hall–Kier alpha value is -4.51. The van der Waals surface area contributed by atoms with Gasteiger partial charge in [0, 0.05) is 17.8 Å². The van der Waals surface area contributed by atoms with Crippen LogP contribution in [-0.2, 0) is 10.0 Å². The molecule has 0 saturated carbocycles. The molecule has 0 aliphatic rings. The van der Waals surface area contributed by atoms with Crippen LogP contribution in [0.4, 0.5) is 20.4 Å². The van der Waals surface area contributed by atoms with Gasteiger partial charge in [0.15, 0.2) is 0 Å². The first-order chi connectivity index (χ1) is 18.2. The first kappa shape index (κ1) is 25.2. The van der Waals surface area contributed by atoms with Crippen molar-refractivity contribution >= 4 is 32.7 Å². The van der Waals surface area contributed by atoms with E-state index in [0.29, 0.717) is 28.7 Å². The molecule has 0 fully saturated rings. The van der Waals surface area contributed by atoms with Crippen molar-refractivity contribution in [2.75, 3.05) is 17.6 Å². The van der Waals surface area contributed by atoms with E-state index in [9.17, 15) is 17.2 Å². The second kappa shape index (κ2) is 9.75. The molecule has 0 bridgehead atoms. The maximum absolute atomic E-state index is 14.2. The molecule has 3 N–H and O–H groups in total. The zero-order valence-electron chi connectivity index (χ0n) is 20.4. The number of aromatic nitrogens is 3. The molecule has 5 rings (SSSR count). The van der Waals surface area contributed by atoms with Gasteiger partial charge in [0.05, 0.1) is 24.2 Å². The van der Waals surface area contributed by atoms with Gasteiger partial charge >= 0.3 is 0 Å². The fraction of sp³-hybridized carbons (Fsp3) is 0.111. The van der Waals surface area contributed by atoms with Gasteiger partial charge in [0.2, 0.25) is 11.8 Å². The van der Waals surface area contributed by atoms with Crippen LogP contribution in [0.15, 0.2) is 83.9 Å². The molecule has 1 atom stereocenters. The summed E-state index contributed by atoms with van der Waals surface area (Å²) in [6.07, 6.45) is 1.53. The summed E-state index contributed by atoms with van der Waals surface area (Å²) < 4.78 is 62.8. The summed E-state index contributed by atoms with van der Waals surface area (Å²) in [4.78, 5) is 8.01. The molecule has 5 aromatic rings. The predicted molar refractivity (Wildman–Crippen MR) is 141 cm³/mol. The number of nitrogen functional groups attached to an aromatic ring is 1. The first-order valence-electron chi connectivity index (χ1n) is 11.5. The van der Waals surface area contributed by atoms with E-state index in [1.165, 1.54) is 19.4 Å². The second-order valence-corrected chi connectivity index (χ2v) is 10.2. The zero-order valence-corrected chi connectivity index (χ0v) is 21.2. The molecular formula is C27H23F2N5O3S. The minimum atomic E-state index is -4.41. The van der Waals surface area contributed by atoms with Crippen LogP contribution in [0.25, 0.3) is 22.2 Å². The number of benzene rings is 3. The van der Waals surface area contributed by atoms with Gasteiger partial charge in [-0.1, -0.05) is 36.4 Å². The maximum atomic E-state index is 14.2. The van der Waals surface area contributed by atoms with Crippen molar-refractivity contribution in [3.05, 3.63) is 96.2 Å². The minimum Gasteiger partial charge on any atom is -0.480 e. The highest BCUT2D eigenvalue weighted by Gasteiger charge is 2.23. The van der Waals surface area contributed by atoms with E-state index in [2.05, 4.69) is 14.7 Å². The molecule has 38 heavy (non-hydrogen) atoms. The second-order valence-electron chi connectivity index (χ2n) is 8.59. The molecular weight excluding hydrogens is 512 g/mol. The number of halogens is 2. The van der Waals surface area contributed by atoms with Crippen LogP contribution >= 0.6 is 0 Å². The highest BCUT2D eigenvalue weighted by atomic mass is 32.2. The van der Waals surface area contributed by atoms with Crippen molar-refractivity contribution in [2.24, 2.45) is 0 Å². The van der Waals surface area contributed by atoms with E-state index in [-0.39, 0.29) is 17.6 Å². The number of methoxy groups -OCH3 is 1. The predicted octanol–water partition coefficient (Wildman–Crippen LogP) is 5.38. The smallest absolute Gasteiger partial charge is 0.264 e. The fourth-order valence-corrected chi connectivity index (χ4v) is 5.43. The van der Waals surface area contributed by atoms with Crippen LogP contribution in [0.1, 0.15) is 18.5 Å². The summed E-state index contributed by atoms with van der Waals surface area (Å²) in [5.74, 6) is -1.77. The highest BCUT2D eigenvalue weighted by molar-refractivity contribution is 7.92. The van der Waals surface area contributed by atoms with Crippen molar-refractivity contribution in [3.63, 3.8) is 0 Å². The minimum absolute atomic E-state index is 0.0144. The third-order valence-electron chi connectivity index (χ3n) is 6.19. The Morgan fingerprint density at radius 1 is 1.00 bits per heavy atom. The molecule has 0 unspecified atom stereocenters.